The second-order valence-electron chi connectivity index (χ2n) is 4.52. The summed E-state index contributed by atoms with van der Waals surface area (Å²) in [5, 5.41) is 12.3. The molecule has 0 aromatic carbocycles. The van der Waals surface area contributed by atoms with Crippen LogP contribution >= 0.6 is 0 Å². The molecule has 15 heavy (non-hydrogen) atoms. The van der Waals surface area contributed by atoms with Crippen molar-refractivity contribution < 1.29 is 14.6 Å². The minimum atomic E-state index is -0.225. The summed E-state index contributed by atoms with van der Waals surface area (Å²) < 4.78 is 5.32. The van der Waals surface area contributed by atoms with Crippen LogP contribution in [0.25, 0.3) is 0 Å². The lowest BCUT2D eigenvalue weighted by Crippen LogP contribution is -2.43. The summed E-state index contributed by atoms with van der Waals surface area (Å²) in [5.74, 6) is 0.0360. The van der Waals surface area contributed by atoms with Gasteiger partial charge < -0.3 is 15.2 Å². The highest BCUT2D eigenvalue weighted by molar-refractivity contribution is 5.81. The van der Waals surface area contributed by atoms with Crippen molar-refractivity contribution in [1.29, 1.82) is 0 Å². The quantitative estimate of drug-likeness (QED) is 0.705. The fourth-order valence-corrected chi connectivity index (χ4v) is 2.30. The molecule has 1 atom stereocenters. The van der Waals surface area contributed by atoms with E-state index in [1.807, 2.05) is 0 Å². The number of aliphatic hydroxyl groups excluding tert-OH is 1. The number of carbonyl (C=O) groups is 1. The van der Waals surface area contributed by atoms with Crippen LogP contribution in [0.1, 0.15) is 38.5 Å². The molecule has 2 N–H and O–H groups in total. The van der Waals surface area contributed by atoms with Crippen molar-refractivity contribution >= 4 is 5.91 Å². The Morgan fingerprint density at radius 2 is 1.93 bits per heavy atom. The molecular formula is C11H19NO3. The minimum absolute atomic E-state index is 0.0360. The number of nitrogens with one attached hydrogen (secondary N) is 1. The topological polar surface area (TPSA) is 58.6 Å². The molecule has 1 amide bonds. The van der Waals surface area contributed by atoms with Gasteiger partial charge in [0.15, 0.2) is 0 Å². The Bertz CT molecular complexity index is 218. The first-order chi connectivity index (χ1) is 7.25. The van der Waals surface area contributed by atoms with E-state index in [0.29, 0.717) is 6.61 Å². The molecule has 1 saturated carbocycles. The smallest absolute Gasteiger partial charge is 0.249 e. The SMILES string of the molecule is O=C(NC1CCC(O)CC1)C1CCCO1. The lowest BCUT2D eigenvalue weighted by Gasteiger charge is -2.27. The maximum absolute atomic E-state index is 11.7. The van der Waals surface area contributed by atoms with Gasteiger partial charge in [0.1, 0.15) is 6.10 Å². The maximum atomic E-state index is 11.7. The molecule has 1 saturated heterocycles. The van der Waals surface area contributed by atoms with Crippen LogP contribution in [0.15, 0.2) is 0 Å². The lowest BCUT2D eigenvalue weighted by atomic mass is 9.93. The van der Waals surface area contributed by atoms with E-state index in [9.17, 15) is 9.90 Å². The van der Waals surface area contributed by atoms with E-state index in [2.05, 4.69) is 5.32 Å². The van der Waals surface area contributed by atoms with Gasteiger partial charge >= 0.3 is 0 Å². The molecular weight excluding hydrogens is 194 g/mol. The maximum Gasteiger partial charge on any atom is 0.249 e. The monoisotopic (exact) mass is 213 g/mol. The summed E-state index contributed by atoms with van der Waals surface area (Å²) in [7, 11) is 0. The molecule has 1 aliphatic heterocycles. The van der Waals surface area contributed by atoms with E-state index in [-0.39, 0.29) is 24.2 Å². The molecule has 86 valence electrons. The molecule has 0 bridgehead atoms. The molecule has 0 radical (unpaired) electrons. The van der Waals surface area contributed by atoms with E-state index in [0.717, 1.165) is 38.5 Å². The Morgan fingerprint density at radius 3 is 2.53 bits per heavy atom. The number of aliphatic hydroxyl groups is 1. The number of amides is 1. The number of rotatable bonds is 2. The lowest BCUT2D eigenvalue weighted by molar-refractivity contribution is -0.131. The van der Waals surface area contributed by atoms with Crippen LogP contribution in [0.4, 0.5) is 0 Å². The van der Waals surface area contributed by atoms with Gasteiger partial charge in [0, 0.05) is 12.6 Å². The Morgan fingerprint density at radius 1 is 1.20 bits per heavy atom. The third-order valence-corrected chi connectivity index (χ3v) is 3.27. The average Bonchev–Trinajstić information content (AvgIpc) is 2.74. The van der Waals surface area contributed by atoms with Gasteiger partial charge in [0.05, 0.1) is 6.10 Å². The van der Waals surface area contributed by atoms with Crippen molar-refractivity contribution in [2.24, 2.45) is 0 Å². The van der Waals surface area contributed by atoms with E-state index in [4.69, 9.17) is 4.74 Å². The van der Waals surface area contributed by atoms with Crippen molar-refractivity contribution in [3.8, 4) is 0 Å². The highest BCUT2D eigenvalue weighted by atomic mass is 16.5. The Labute approximate surface area is 90.0 Å². The Kier molecular flexibility index (Phi) is 3.59. The normalized spacial score (nSPS) is 36.5. The second kappa shape index (κ2) is 4.94. The van der Waals surface area contributed by atoms with Gasteiger partial charge in [-0.1, -0.05) is 0 Å². The zero-order valence-electron chi connectivity index (χ0n) is 8.95. The van der Waals surface area contributed by atoms with Crippen molar-refractivity contribution in [3.05, 3.63) is 0 Å². The first kappa shape index (κ1) is 10.9. The highest BCUT2D eigenvalue weighted by Gasteiger charge is 2.27. The van der Waals surface area contributed by atoms with Gasteiger partial charge in [-0.2, -0.15) is 0 Å². The summed E-state index contributed by atoms with van der Waals surface area (Å²) in [6.45, 7) is 0.710. The fraction of sp³-hybridized carbons (Fsp3) is 0.909. The van der Waals surface area contributed by atoms with Crippen LogP contribution < -0.4 is 5.32 Å². The number of hydrogen-bond acceptors (Lipinski definition) is 3. The molecule has 0 aromatic heterocycles. The Hall–Kier alpha value is -0.610. The number of carbonyl (C=O) groups excluding carboxylic acids is 1. The van der Waals surface area contributed by atoms with Gasteiger partial charge in [-0.05, 0) is 38.5 Å². The summed E-state index contributed by atoms with van der Waals surface area (Å²) in [6.07, 6.45) is 4.83. The van der Waals surface area contributed by atoms with Crippen molar-refractivity contribution in [3.63, 3.8) is 0 Å². The van der Waals surface area contributed by atoms with Crippen LogP contribution in [0.3, 0.4) is 0 Å². The van der Waals surface area contributed by atoms with Crippen molar-refractivity contribution in [2.45, 2.75) is 56.8 Å². The predicted octanol–water partition coefficient (Wildman–Crippen LogP) is 0.585. The summed E-state index contributed by atoms with van der Waals surface area (Å²) >= 11 is 0. The van der Waals surface area contributed by atoms with Gasteiger partial charge in [-0.15, -0.1) is 0 Å². The van der Waals surface area contributed by atoms with E-state index < -0.39 is 0 Å². The fourth-order valence-electron chi connectivity index (χ4n) is 2.30. The van der Waals surface area contributed by atoms with Crippen LogP contribution in [-0.4, -0.2) is 35.9 Å². The summed E-state index contributed by atoms with van der Waals surface area (Å²) in [5.41, 5.74) is 0. The molecule has 2 rings (SSSR count). The second-order valence-corrected chi connectivity index (χ2v) is 4.52. The van der Waals surface area contributed by atoms with E-state index in [1.54, 1.807) is 0 Å². The summed E-state index contributed by atoms with van der Waals surface area (Å²) in [4.78, 5) is 11.7. The van der Waals surface area contributed by atoms with Crippen molar-refractivity contribution in [1.82, 2.24) is 5.32 Å². The van der Waals surface area contributed by atoms with Gasteiger partial charge in [-0.25, -0.2) is 0 Å². The van der Waals surface area contributed by atoms with E-state index >= 15 is 0 Å². The number of ether oxygens (including phenoxy) is 1. The summed E-state index contributed by atoms with van der Waals surface area (Å²) in [6, 6.07) is 0.241. The zero-order valence-corrected chi connectivity index (χ0v) is 8.95. The van der Waals surface area contributed by atoms with Gasteiger partial charge in [-0.3, -0.25) is 4.79 Å². The molecule has 4 nitrogen and oxygen atoms in total. The predicted molar refractivity (Wildman–Crippen MR) is 55.4 cm³/mol. The molecule has 1 unspecified atom stereocenters. The molecule has 0 spiro atoms. The van der Waals surface area contributed by atoms with Crippen LogP contribution in [0, 0.1) is 0 Å². The van der Waals surface area contributed by atoms with Crippen LogP contribution in [-0.2, 0) is 9.53 Å². The zero-order chi connectivity index (χ0) is 10.7. The minimum Gasteiger partial charge on any atom is -0.393 e. The van der Waals surface area contributed by atoms with Crippen LogP contribution in [0.2, 0.25) is 0 Å². The third kappa shape index (κ3) is 2.92. The Balaban J connectivity index is 1.74. The van der Waals surface area contributed by atoms with Gasteiger partial charge in [0.2, 0.25) is 5.91 Å². The first-order valence-corrected chi connectivity index (χ1v) is 5.86. The van der Waals surface area contributed by atoms with Crippen LogP contribution in [0.5, 0.6) is 0 Å². The van der Waals surface area contributed by atoms with E-state index in [1.165, 1.54) is 0 Å². The standard InChI is InChI=1S/C11H19NO3/c13-9-5-3-8(4-6-9)12-11(14)10-2-1-7-15-10/h8-10,13H,1-7H2,(H,12,14). The molecule has 1 heterocycles. The van der Waals surface area contributed by atoms with Gasteiger partial charge in [0.25, 0.3) is 0 Å². The molecule has 2 fully saturated rings. The highest BCUT2D eigenvalue weighted by Crippen LogP contribution is 2.19. The molecule has 2 aliphatic rings. The van der Waals surface area contributed by atoms with Crippen molar-refractivity contribution in [2.75, 3.05) is 6.61 Å². The largest absolute Gasteiger partial charge is 0.393 e. The molecule has 0 aromatic rings. The average molecular weight is 213 g/mol. The molecule has 4 heteroatoms. The molecule has 1 aliphatic carbocycles. The third-order valence-electron chi connectivity index (χ3n) is 3.27. The number of hydrogen-bond donors (Lipinski definition) is 2. The first-order valence-electron chi connectivity index (χ1n) is 5.86.